The maximum absolute atomic E-state index is 12.3. The van der Waals surface area contributed by atoms with Crippen molar-refractivity contribution in [2.24, 2.45) is 0 Å². The third-order valence-electron chi connectivity index (χ3n) is 3.95. The van der Waals surface area contributed by atoms with Crippen LogP contribution in [0.2, 0.25) is 0 Å². The highest BCUT2D eigenvalue weighted by Gasteiger charge is 2.12. The number of amides is 1. The molecule has 2 rings (SSSR count). The summed E-state index contributed by atoms with van der Waals surface area (Å²) in [5.41, 5.74) is 3.50. The summed E-state index contributed by atoms with van der Waals surface area (Å²) >= 11 is 0. The molecule has 132 valence electrons. The fourth-order valence-electron chi connectivity index (χ4n) is 2.60. The molecule has 5 heteroatoms. The van der Waals surface area contributed by atoms with Crippen molar-refractivity contribution in [3.05, 3.63) is 53.1 Å². The summed E-state index contributed by atoms with van der Waals surface area (Å²) in [6, 6.07) is 10.8. The van der Waals surface area contributed by atoms with Gasteiger partial charge in [-0.05, 0) is 42.2 Å². The van der Waals surface area contributed by atoms with Gasteiger partial charge in [-0.25, -0.2) is 0 Å². The third-order valence-corrected chi connectivity index (χ3v) is 3.95. The number of benzene rings is 2. The number of hydrogen-bond acceptors (Lipinski definition) is 4. The van der Waals surface area contributed by atoms with Crippen molar-refractivity contribution in [1.82, 2.24) is 0 Å². The van der Waals surface area contributed by atoms with E-state index in [0.717, 1.165) is 35.9 Å². The van der Waals surface area contributed by atoms with E-state index in [1.54, 1.807) is 18.2 Å². The number of methoxy groups -OCH3 is 1. The van der Waals surface area contributed by atoms with Crippen molar-refractivity contribution in [2.45, 2.75) is 26.7 Å². The van der Waals surface area contributed by atoms with Crippen LogP contribution in [-0.2, 0) is 17.6 Å². The Labute approximate surface area is 148 Å². The maximum Gasteiger partial charge on any atom is 0.262 e. The molecular formula is C20H23NO4. The molecule has 0 radical (unpaired) electrons. The van der Waals surface area contributed by atoms with E-state index in [9.17, 15) is 9.59 Å². The molecule has 0 heterocycles. The lowest BCUT2D eigenvalue weighted by Gasteiger charge is -2.15. The van der Waals surface area contributed by atoms with E-state index in [0.29, 0.717) is 17.1 Å². The number of para-hydroxylation sites is 1. The van der Waals surface area contributed by atoms with Gasteiger partial charge in [-0.1, -0.05) is 32.0 Å². The number of anilines is 1. The topological polar surface area (TPSA) is 64.6 Å². The Balaban J connectivity index is 2.11. The predicted octanol–water partition coefficient (Wildman–Crippen LogP) is 3.65. The van der Waals surface area contributed by atoms with E-state index in [2.05, 4.69) is 19.2 Å². The van der Waals surface area contributed by atoms with Crippen LogP contribution in [0.1, 0.15) is 35.3 Å². The van der Waals surface area contributed by atoms with Gasteiger partial charge in [0.15, 0.2) is 18.1 Å². The molecule has 0 aromatic heterocycles. The molecule has 1 N–H and O–H groups in total. The largest absolute Gasteiger partial charge is 0.493 e. The van der Waals surface area contributed by atoms with Gasteiger partial charge in [0.05, 0.1) is 7.11 Å². The van der Waals surface area contributed by atoms with Gasteiger partial charge in [-0.2, -0.15) is 0 Å². The Kier molecular flexibility index (Phi) is 6.57. The van der Waals surface area contributed by atoms with Crippen molar-refractivity contribution < 1.29 is 19.1 Å². The monoisotopic (exact) mass is 341 g/mol. The molecule has 0 fully saturated rings. The lowest BCUT2D eigenvalue weighted by Crippen LogP contribution is -2.22. The summed E-state index contributed by atoms with van der Waals surface area (Å²) in [4.78, 5) is 23.2. The van der Waals surface area contributed by atoms with Gasteiger partial charge in [0.1, 0.15) is 6.29 Å². The number of rotatable bonds is 8. The molecule has 5 nitrogen and oxygen atoms in total. The van der Waals surface area contributed by atoms with Gasteiger partial charge >= 0.3 is 0 Å². The fourth-order valence-corrected chi connectivity index (χ4v) is 2.60. The van der Waals surface area contributed by atoms with Crippen LogP contribution in [0.5, 0.6) is 11.5 Å². The first kappa shape index (κ1) is 18.5. The predicted molar refractivity (Wildman–Crippen MR) is 97.7 cm³/mol. The Morgan fingerprint density at radius 3 is 2.32 bits per heavy atom. The minimum Gasteiger partial charge on any atom is -0.493 e. The van der Waals surface area contributed by atoms with Crippen molar-refractivity contribution in [3.63, 3.8) is 0 Å². The number of carbonyl (C=O) groups is 2. The average molecular weight is 341 g/mol. The first-order chi connectivity index (χ1) is 12.1. The van der Waals surface area contributed by atoms with E-state index < -0.39 is 0 Å². The van der Waals surface area contributed by atoms with Gasteiger partial charge in [-0.3, -0.25) is 9.59 Å². The van der Waals surface area contributed by atoms with E-state index in [4.69, 9.17) is 9.47 Å². The molecule has 0 aliphatic heterocycles. The summed E-state index contributed by atoms with van der Waals surface area (Å²) in [5, 5.41) is 2.94. The van der Waals surface area contributed by atoms with Gasteiger partial charge in [0, 0.05) is 11.3 Å². The fraction of sp³-hybridized carbons (Fsp3) is 0.300. The van der Waals surface area contributed by atoms with E-state index >= 15 is 0 Å². The van der Waals surface area contributed by atoms with Gasteiger partial charge in [0.2, 0.25) is 0 Å². The highest BCUT2D eigenvalue weighted by atomic mass is 16.5. The van der Waals surface area contributed by atoms with Crippen LogP contribution in [0, 0.1) is 0 Å². The highest BCUT2D eigenvalue weighted by molar-refractivity contribution is 5.93. The van der Waals surface area contributed by atoms with Gasteiger partial charge in [0.25, 0.3) is 5.91 Å². The van der Waals surface area contributed by atoms with Crippen molar-refractivity contribution in [2.75, 3.05) is 19.0 Å². The molecule has 0 unspecified atom stereocenters. The van der Waals surface area contributed by atoms with Crippen LogP contribution >= 0.6 is 0 Å². The lowest BCUT2D eigenvalue weighted by atomic mass is 10.0. The highest BCUT2D eigenvalue weighted by Crippen LogP contribution is 2.28. The summed E-state index contributed by atoms with van der Waals surface area (Å²) in [7, 11) is 1.51. The van der Waals surface area contributed by atoms with Crippen LogP contribution in [0.25, 0.3) is 0 Å². The molecule has 0 saturated heterocycles. The molecule has 0 spiro atoms. The van der Waals surface area contributed by atoms with E-state index in [1.807, 2.05) is 18.2 Å². The molecule has 0 bridgehead atoms. The molecule has 2 aromatic carbocycles. The molecule has 0 saturated carbocycles. The minimum absolute atomic E-state index is 0.167. The van der Waals surface area contributed by atoms with E-state index in [-0.39, 0.29) is 12.5 Å². The maximum atomic E-state index is 12.3. The van der Waals surface area contributed by atoms with E-state index in [1.165, 1.54) is 7.11 Å². The van der Waals surface area contributed by atoms with Crippen molar-refractivity contribution in [1.29, 1.82) is 0 Å². The van der Waals surface area contributed by atoms with Crippen LogP contribution < -0.4 is 14.8 Å². The quantitative estimate of drug-likeness (QED) is 0.744. The molecule has 0 aliphatic carbocycles. The standard InChI is InChI=1S/C20H23NO4/c1-4-15-7-6-8-16(5-2)20(15)21-19(23)13-25-18-11-14(12-22)9-10-17(18)24-3/h6-12H,4-5,13H2,1-3H3,(H,21,23). The molecule has 2 aromatic rings. The summed E-state index contributed by atoms with van der Waals surface area (Å²) in [6.07, 6.45) is 2.39. The normalized spacial score (nSPS) is 10.2. The van der Waals surface area contributed by atoms with Gasteiger partial charge < -0.3 is 14.8 Å². The second kappa shape index (κ2) is 8.87. The summed E-state index contributed by atoms with van der Waals surface area (Å²) in [6.45, 7) is 3.94. The first-order valence-electron chi connectivity index (χ1n) is 8.29. The smallest absolute Gasteiger partial charge is 0.262 e. The third kappa shape index (κ3) is 4.59. The average Bonchev–Trinajstić information content (AvgIpc) is 2.66. The first-order valence-corrected chi connectivity index (χ1v) is 8.29. The molecule has 0 aliphatic rings. The number of ether oxygens (including phenoxy) is 2. The Hall–Kier alpha value is -2.82. The SMILES string of the molecule is CCc1cccc(CC)c1NC(=O)COc1cc(C=O)ccc1OC. The van der Waals surface area contributed by atoms with Crippen LogP contribution in [0.15, 0.2) is 36.4 Å². The van der Waals surface area contributed by atoms with Crippen LogP contribution in [0.4, 0.5) is 5.69 Å². The molecular weight excluding hydrogens is 318 g/mol. The lowest BCUT2D eigenvalue weighted by molar-refractivity contribution is -0.118. The minimum atomic E-state index is -0.255. The summed E-state index contributed by atoms with van der Waals surface area (Å²) in [5.74, 6) is 0.581. The summed E-state index contributed by atoms with van der Waals surface area (Å²) < 4.78 is 10.8. The molecule has 25 heavy (non-hydrogen) atoms. The number of carbonyl (C=O) groups excluding carboxylic acids is 2. The number of aryl methyl sites for hydroxylation is 2. The van der Waals surface area contributed by atoms with Crippen molar-refractivity contribution in [3.8, 4) is 11.5 Å². The second-order valence-corrected chi connectivity index (χ2v) is 5.52. The Morgan fingerprint density at radius 1 is 1.08 bits per heavy atom. The zero-order valence-corrected chi connectivity index (χ0v) is 14.8. The van der Waals surface area contributed by atoms with Crippen LogP contribution in [-0.4, -0.2) is 25.9 Å². The number of nitrogens with one attached hydrogen (secondary N) is 1. The molecule has 0 atom stereocenters. The second-order valence-electron chi connectivity index (χ2n) is 5.52. The number of hydrogen-bond donors (Lipinski definition) is 1. The van der Waals surface area contributed by atoms with Crippen molar-refractivity contribution >= 4 is 17.9 Å². The zero-order valence-electron chi connectivity index (χ0n) is 14.8. The van der Waals surface area contributed by atoms with Crippen LogP contribution in [0.3, 0.4) is 0 Å². The number of aldehydes is 1. The van der Waals surface area contributed by atoms with Gasteiger partial charge in [-0.15, -0.1) is 0 Å². The zero-order chi connectivity index (χ0) is 18.2. The molecule has 1 amide bonds. The Bertz CT molecular complexity index is 733. The Morgan fingerprint density at radius 2 is 1.76 bits per heavy atom.